The summed E-state index contributed by atoms with van der Waals surface area (Å²) in [5, 5.41) is 26.2. The molecule has 0 aliphatic heterocycles. The number of carboxylic acids is 1. The van der Waals surface area contributed by atoms with E-state index in [0.29, 0.717) is 0 Å². The summed E-state index contributed by atoms with van der Waals surface area (Å²) in [6.45, 7) is -0.641. The first-order chi connectivity index (χ1) is 16.6. The highest BCUT2D eigenvalue weighted by atomic mass is 32.1. The van der Waals surface area contributed by atoms with Gasteiger partial charge >= 0.3 is 5.97 Å². The third-order valence-electron chi connectivity index (χ3n) is 4.82. The lowest BCUT2D eigenvalue weighted by Gasteiger charge is -2.24. The van der Waals surface area contributed by atoms with E-state index in [2.05, 4.69) is 33.6 Å². The van der Waals surface area contributed by atoms with Crippen molar-refractivity contribution in [1.82, 2.24) is 16.0 Å². The molecule has 3 amide bonds. The highest BCUT2D eigenvalue weighted by molar-refractivity contribution is 7.80. The van der Waals surface area contributed by atoms with E-state index < -0.39 is 54.5 Å². The van der Waals surface area contributed by atoms with Gasteiger partial charge in [-0.1, -0.05) is 30.3 Å². The minimum Gasteiger partial charge on any atom is -0.480 e. The molecule has 0 aliphatic carbocycles. The number of carboxylic acid groups (broad SMARTS) is 1. The van der Waals surface area contributed by atoms with Gasteiger partial charge < -0.3 is 43.4 Å². The van der Waals surface area contributed by atoms with Gasteiger partial charge in [0.25, 0.3) is 0 Å². The number of hydrogen-bond donors (Lipinski definition) is 9. The molecule has 1 aromatic rings. The predicted octanol–water partition coefficient (Wildman–Crippen LogP) is -2.93. The number of rotatable bonds is 15. The summed E-state index contributed by atoms with van der Waals surface area (Å²) in [6, 6.07) is 3.97. The first-order valence-electron chi connectivity index (χ1n) is 10.8. The zero-order valence-corrected chi connectivity index (χ0v) is 20.0. The Hall–Kier alpha value is -3.36. The van der Waals surface area contributed by atoms with Crippen molar-refractivity contribution in [2.75, 3.05) is 18.9 Å². The molecule has 0 saturated heterocycles. The number of hydrogen-bond acceptors (Lipinski definition) is 8. The van der Waals surface area contributed by atoms with Crippen LogP contribution >= 0.6 is 12.6 Å². The maximum absolute atomic E-state index is 12.9. The van der Waals surface area contributed by atoms with Gasteiger partial charge in [0.1, 0.15) is 18.1 Å². The Labute approximate surface area is 208 Å². The molecule has 14 heteroatoms. The van der Waals surface area contributed by atoms with Crippen LogP contribution in [-0.4, -0.2) is 82.9 Å². The molecule has 35 heavy (non-hydrogen) atoms. The average Bonchev–Trinajstić information content (AvgIpc) is 2.83. The highest BCUT2D eigenvalue weighted by Crippen LogP contribution is 2.05. The summed E-state index contributed by atoms with van der Waals surface area (Å²) in [5.41, 5.74) is 16.8. The van der Waals surface area contributed by atoms with E-state index in [-0.39, 0.29) is 37.5 Å². The first-order valence-corrected chi connectivity index (χ1v) is 11.4. The standard InChI is InChI=1S/C21H33N7O6S/c22-13(11-35)17(30)27-15(9-12-5-2-1-3-6-12)18(31)28-16(10-29)19(32)26-14(20(33)34)7-4-8-25-21(23)24/h1-3,5-6,13-16,29,35H,4,7-11,22H2,(H,26,32)(H,27,30)(H,28,31)(H,33,34)(H4,23,24,25). The van der Waals surface area contributed by atoms with Gasteiger partial charge in [-0.25, -0.2) is 4.79 Å². The predicted molar refractivity (Wildman–Crippen MR) is 132 cm³/mol. The van der Waals surface area contributed by atoms with Crippen LogP contribution in [0.5, 0.6) is 0 Å². The van der Waals surface area contributed by atoms with Gasteiger partial charge in [-0.2, -0.15) is 12.6 Å². The normalized spacial score (nSPS) is 14.0. The lowest BCUT2D eigenvalue weighted by molar-refractivity contribution is -0.142. The van der Waals surface area contributed by atoms with Crippen LogP contribution < -0.4 is 33.2 Å². The monoisotopic (exact) mass is 511 g/mol. The van der Waals surface area contributed by atoms with Crippen molar-refractivity contribution in [2.24, 2.45) is 22.2 Å². The van der Waals surface area contributed by atoms with Crippen LogP contribution in [0.15, 0.2) is 35.3 Å². The van der Waals surface area contributed by atoms with Gasteiger partial charge in [-0.15, -0.1) is 0 Å². The summed E-state index contributed by atoms with van der Waals surface area (Å²) in [7, 11) is 0. The number of aliphatic hydroxyl groups excluding tert-OH is 1. The van der Waals surface area contributed by atoms with Crippen molar-refractivity contribution in [3.63, 3.8) is 0 Å². The largest absolute Gasteiger partial charge is 0.480 e. The number of thiol groups is 1. The second-order valence-electron chi connectivity index (χ2n) is 7.63. The van der Waals surface area contributed by atoms with Gasteiger partial charge in [-0.3, -0.25) is 19.4 Å². The molecule has 4 unspecified atom stereocenters. The molecular weight excluding hydrogens is 478 g/mol. The SMILES string of the molecule is NC(N)=NCCCC(NC(=O)C(CO)NC(=O)C(Cc1ccccc1)NC(=O)C(N)CS)C(=O)O. The second kappa shape index (κ2) is 15.5. The Morgan fingerprint density at radius 3 is 2.06 bits per heavy atom. The van der Waals surface area contributed by atoms with Crippen LogP contribution in [0.25, 0.3) is 0 Å². The minimum absolute atomic E-state index is 0.0122. The molecule has 1 aromatic carbocycles. The van der Waals surface area contributed by atoms with Crippen LogP contribution in [-0.2, 0) is 25.6 Å². The summed E-state index contributed by atoms with van der Waals surface area (Å²) in [5.74, 6) is -3.69. The molecule has 0 aliphatic rings. The van der Waals surface area contributed by atoms with Crippen molar-refractivity contribution in [2.45, 2.75) is 43.4 Å². The number of guanidine groups is 1. The summed E-state index contributed by atoms with van der Waals surface area (Å²) < 4.78 is 0. The van der Waals surface area contributed by atoms with Crippen molar-refractivity contribution < 1.29 is 29.4 Å². The van der Waals surface area contributed by atoms with Crippen molar-refractivity contribution >= 4 is 42.3 Å². The number of aliphatic imine (C=N–C) groups is 1. The molecule has 13 nitrogen and oxygen atoms in total. The fourth-order valence-electron chi connectivity index (χ4n) is 2.92. The smallest absolute Gasteiger partial charge is 0.326 e. The summed E-state index contributed by atoms with van der Waals surface area (Å²) in [6.07, 6.45) is 0.361. The Balaban J connectivity index is 2.89. The Morgan fingerprint density at radius 2 is 1.51 bits per heavy atom. The van der Waals surface area contributed by atoms with Crippen molar-refractivity contribution in [3.05, 3.63) is 35.9 Å². The number of carbonyl (C=O) groups is 4. The molecule has 0 aromatic heterocycles. The van der Waals surface area contributed by atoms with Crippen LogP contribution in [0, 0.1) is 0 Å². The molecule has 4 atom stereocenters. The molecule has 0 heterocycles. The number of benzene rings is 1. The zero-order valence-electron chi connectivity index (χ0n) is 19.1. The maximum atomic E-state index is 12.9. The maximum Gasteiger partial charge on any atom is 0.326 e. The van der Waals surface area contributed by atoms with E-state index in [4.69, 9.17) is 17.2 Å². The van der Waals surface area contributed by atoms with E-state index in [1.165, 1.54) is 0 Å². The molecule has 0 fully saturated rings. The van der Waals surface area contributed by atoms with Gasteiger partial charge in [0, 0.05) is 18.7 Å². The molecule has 0 bridgehead atoms. The number of aliphatic hydroxyl groups is 1. The highest BCUT2D eigenvalue weighted by Gasteiger charge is 2.30. The molecule has 0 spiro atoms. The Bertz CT molecular complexity index is 882. The van der Waals surface area contributed by atoms with Crippen LogP contribution in [0.3, 0.4) is 0 Å². The lowest BCUT2D eigenvalue weighted by atomic mass is 10.0. The van der Waals surface area contributed by atoms with E-state index >= 15 is 0 Å². The topological polar surface area (TPSA) is 235 Å². The van der Waals surface area contributed by atoms with Gasteiger partial charge in [-0.05, 0) is 18.4 Å². The van der Waals surface area contributed by atoms with Gasteiger partial charge in [0.2, 0.25) is 17.7 Å². The Morgan fingerprint density at radius 1 is 0.943 bits per heavy atom. The van der Waals surface area contributed by atoms with Gasteiger partial charge in [0.15, 0.2) is 5.96 Å². The van der Waals surface area contributed by atoms with E-state index in [1.54, 1.807) is 30.3 Å². The number of amides is 3. The van der Waals surface area contributed by atoms with Gasteiger partial charge in [0.05, 0.1) is 12.6 Å². The first kappa shape index (κ1) is 29.7. The third-order valence-corrected chi connectivity index (χ3v) is 5.22. The van der Waals surface area contributed by atoms with E-state index in [1.807, 2.05) is 0 Å². The van der Waals surface area contributed by atoms with Crippen molar-refractivity contribution in [3.8, 4) is 0 Å². The lowest BCUT2D eigenvalue weighted by Crippen LogP contribution is -2.58. The molecule has 0 radical (unpaired) electrons. The van der Waals surface area contributed by atoms with Crippen molar-refractivity contribution in [1.29, 1.82) is 0 Å². The second-order valence-corrected chi connectivity index (χ2v) is 8.00. The van der Waals surface area contributed by atoms with E-state index in [9.17, 15) is 29.4 Å². The average molecular weight is 512 g/mol. The Kier molecular flexibility index (Phi) is 13.2. The molecule has 1 rings (SSSR count). The number of nitrogens with one attached hydrogen (secondary N) is 3. The fraction of sp³-hybridized carbons (Fsp3) is 0.476. The van der Waals surface area contributed by atoms with Crippen LogP contribution in [0.2, 0.25) is 0 Å². The fourth-order valence-corrected chi connectivity index (χ4v) is 3.09. The van der Waals surface area contributed by atoms with Crippen LogP contribution in [0.1, 0.15) is 18.4 Å². The minimum atomic E-state index is -1.46. The van der Waals surface area contributed by atoms with Crippen LogP contribution in [0.4, 0.5) is 0 Å². The zero-order chi connectivity index (χ0) is 26.4. The summed E-state index contributed by atoms with van der Waals surface area (Å²) >= 11 is 3.97. The van der Waals surface area contributed by atoms with E-state index in [0.717, 1.165) is 5.56 Å². The number of carbonyl (C=O) groups excluding carboxylic acids is 3. The number of aliphatic carboxylic acids is 1. The molecular formula is C21H33N7O6S. The molecule has 0 saturated carbocycles. The number of nitrogens with two attached hydrogens (primary N) is 3. The summed E-state index contributed by atoms with van der Waals surface area (Å²) in [4.78, 5) is 53.0. The molecule has 11 N–H and O–H groups in total. The quantitative estimate of drug-likeness (QED) is 0.0506. The number of nitrogens with zero attached hydrogens (tertiary/aromatic N) is 1. The molecule has 194 valence electrons. The third kappa shape index (κ3) is 11.1.